The van der Waals surface area contributed by atoms with Crippen LogP contribution >= 0.6 is 0 Å². The van der Waals surface area contributed by atoms with E-state index >= 15 is 0 Å². The molecule has 1 aliphatic rings. The molecule has 0 aromatic rings. The molecule has 0 amide bonds. The summed E-state index contributed by atoms with van der Waals surface area (Å²) < 4.78 is 5.87. The predicted octanol–water partition coefficient (Wildman–Crippen LogP) is 1.94. The van der Waals surface area contributed by atoms with Gasteiger partial charge in [0.25, 0.3) is 0 Å². The Hall–Kier alpha value is -0.560. The summed E-state index contributed by atoms with van der Waals surface area (Å²) in [5, 5.41) is 12.9. The summed E-state index contributed by atoms with van der Waals surface area (Å²) in [7, 11) is 0. The minimum atomic E-state index is -0.472. The fourth-order valence-corrected chi connectivity index (χ4v) is 2.53. The predicted molar refractivity (Wildman–Crippen MR) is 74.3 cm³/mol. The molecule has 0 aliphatic heterocycles. The molecule has 1 saturated carbocycles. The summed E-state index contributed by atoms with van der Waals surface area (Å²) in [5.41, 5.74) is 0. The summed E-state index contributed by atoms with van der Waals surface area (Å²) in [6.07, 6.45) is 11.3. The third-order valence-electron chi connectivity index (χ3n) is 3.78. The highest BCUT2D eigenvalue weighted by Crippen LogP contribution is 2.29. The lowest BCUT2D eigenvalue weighted by Gasteiger charge is -2.31. The van der Waals surface area contributed by atoms with Gasteiger partial charge in [0.1, 0.15) is 0 Å². The van der Waals surface area contributed by atoms with E-state index in [4.69, 9.17) is 11.2 Å². The normalized spacial score (nSPS) is 27.4. The van der Waals surface area contributed by atoms with Gasteiger partial charge in [-0.2, -0.15) is 0 Å². The van der Waals surface area contributed by atoms with Gasteiger partial charge >= 0.3 is 0 Å². The maximum Gasteiger partial charge on any atom is 0.0898 e. The zero-order chi connectivity index (χ0) is 13.4. The van der Waals surface area contributed by atoms with E-state index in [0.29, 0.717) is 25.2 Å². The smallest absolute Gasteiger partial charge is 0.0898 e. The van der Waals surface area contributed by atoms with E-state index < -0.39 is 6.10 Å². The van der Waals surface area contributed by atoms with Crippen molar-refractivity contribution in [1.29, 1.82) is 0 Å². The van der Waals surface area contributed by atoms with Crippen LogP contribution in [0.1, 0.15) is 46.0 Å². The first-order valence-corrected chi connectivity index (χ1v) is 7.16. The Morgan fingerprint density at radius 3 is 2.83 bits per heavy atom. The van der Waals surface area contributed by atoms with E-state index in [2.05, 4.69) is 18.2 Å². The van der Waals surface area contributed by atoms with E-state index in [9.17, 15) is 5.11 Å². The van der Waals surface area contributed by atoms with Crippen molar-refractivity contribution in [3.05, 3.63) is 0 Å². The Bertz CT molecular complexity index is 262. The van der Waals surface area contributed by atoms with Gasteiger partial charge in [-0.1, -0.05) is 32.1 Å². The summed E-state index contributed by atoms with van der Waals surface area (Å²) in [6, 6.07) is -0.00211. The first-order valence-electron chi connectivity index (χ1n) is 7.16. The number of terminal acetylenes is 1. The molecule has 0 radical (unpaired) electrons. The molecule has 3 heteroatoms. The molecular formula is C15H27NO2. The number of aliphatic hydroxyl groups excluding tert-OH is 1. The Balaban J connectivity index is 2.20. The highest BCUT2D eigenvalue weighted by Gasteiger charge is 2.24. The van der Waals surface area contributed by atoms with E-state index in [1.807, 2.05) is 6.92 Å². The molecule has 4 unspecified atom stereocenters. The monoisotopic (exact) mass is 253 g/mol. The Morgan fingerprint density at radius 2 is 2.17 bits per heavy atom. The zero-order valence-electron chi connectivity index (χ0n) is 11.7. The molecule has 0 heterocycles. The standard InChI is InChI=1S/C15H27NO2/c1-4-12(3)16-10-14(17)11-18-15-9-7-6-8-13(15)5-2/h1,12-17H,5-11H2,2-3H3. The molecular weight excluding hydrogens is 226 g/mol. The first-order chi connectivity index (χ1) is 8.67. The van der Waals surface area contributed by atoms with Crippen LogP contribution in [-0.4, -0.2) is 36.5 Å². The lowest BCUT2D eigenvalue weighted by Crippen LogP contribution is -2.37. The van der Waals surface area contributed by atoms with Crippen LogP contribution in [0.3, 0.4) is 0 Å². The van der Waals surface area contributed by atoms with Crippen LogP contribution in [-0.2, 0) is 4.74 Å². The Kier molecular flexibility index (Phi) is 7.34. The van der Waals surface area contributed by atoms with Crippen LogP contribution in [0.2, 0.25) is 0 Å². The van der Waals surface area contributed by atoms with E-state index in [1.54, 1.807) is 0 Å². The van der Waals surface area contributed by atoms with E-state index in [0.717, 1.165) is 6.42 Å². The maximum absolute atomic E-state index is 9.83. The minimum Gasteiger partial charge on any atom is -0.389 e. The number of hydrogen-bond donors (Lipinski definition) is 2. The van der Waals surface area contributed by atoms with Crippen molar-refractivity contribution in [1.82, 2.24) is 5.32 Å². The number of hydrogen-bond acceptors (Lipinski definition) is 3. The van der Waals surface area contributed by atoms with Gasteiger partial charge in [-0.05, 0) is 25.7 Å². The molecule has 104 valence electrons. The zero-order valence-corrected chi connectivity index (χ0v) is 11.7. The van der Waals surface area contributed by atoms with Gasteiger partial charge in [-0.25, -0.2) is 0 Å². The Labute approximate surface area is 111 Å². The van der Waals surface area contributed by atoms with Gasteiger partial charge < -0.3 is 15.2 Å². The van der Waals surface area contributed by atoms with Crippen molar-refractivity contribution in [2.45, 2.75) is 64.2 Å². The van der Waals surface area contributed by atoms with Crippen molar-refractivity contribution < 1.29 is 9.84 Å². The van der Waals surface area contributed by atoms with Gasteiger partial charge in [0.2, 0.25) is 0 Å². The van der Waals surface area contributed by atoms with Crippen molar-refractivity contribution in [2.75, 3.05) is 13.2 Å². The fourth-order valence-electron chi connectivity index (χ4n) is 2.53. The number of rotatable bonds is 7. The Morgan fingerprint density at radius 1 is 1.44 bits per heavy atom. The first kappa shape index (κ1) is 15.5. The molecule has 1 rings (SSSR count). The summed E-state index contributed by atoms with van der Waals surface area (Å²) in [5.74, 6) is 3.25. The molecule has 2 N–H and O–H groups in total. The highest BCUT2D eigenvalue weighted by atomic mass is 16.5. The second-order valence-corrected chi connectivity index (χ2v) is 5.27. The molecule has 1 aliphatic carbocycles. The number of nitrogens with one attached hydrogen (secondary N) is 1. The largest absolute Gasteiger partial charge is 0.389 e. The third kappa shape index (κ3) is 5.39. The molecule has 0 aromatic carbocycles. The van der Waals surface area contributed by atoms with Crippen LogP contribution in [0.4, 0.5) is 0 Å². The second kappa shape index (κ2) is 8.53. The highest BCUT2D eigenvalue weighted by molar-refractivity contribution is 4.95. The van der Waals surface area contributed by atoms with E-state index in [1.165, 1.54) is 25.7 Å². The fraction of sp³-hybridized carbons (Fsp3) is 0.867. The third-order valence-corrected chi connectivity index (χ3v) is 3.78. The van der Waals surface area contributed by atoms with Crippen molar-refractivity contribution >= 4 is 0 Å². The lowest BCUT2D eigenvalue weighted by atomic mass is 9.85. The molecule has 3 nitrogen and oxygen atoms in total. The average molecular weight is 253 g/mol. The van der Waals surface area contributed by atoms with Gasteiger partial charge in [-0.15, -0.1) is 6.42 Å². The number of aliphatic hydroxyl groups is 1. The lowest BCUT2D eigenvalue weighted by molar-refractivity contribution is -0.0500. The molecule has 4 atom stereocenters. The average Bonchev–Trinajstić information content (AvgIpc) is 2.42. The minimum absolute atomic E-state index is 0.00211. The topological polar surface area (TPSA) is 41.5 Å². The van der Waals surface area contributed by atoms with Gasteiger partial charge in [0.05, 0.1) is 24.9 Å². The van der Waals surface area contributed by atoms with Crippen molar-refractivity contribution in [3.63, 3.8) is 0 Å². The summed E-state index contributed by atoms with van der Waals surface area (Å²) >= 11 is 0. The van der Waals surface area contributed by atoms with Gasteiger partial charge in [0, 0.05) is 6.54 Å². The molecule has 0 saturated heterocycles. The molecule has 18 heavy (non-hydrogen) atoms. The van der Waals surface area contributed by atoms with Crippen LogP contribution < -0.4 is 5.32 Å². The van der Waals surface area contributed by atoms with Crippen LogP contribution in [0, 0.1) is 18.3 Å². The van der Waals surface area contributed by atoms with E-state index in [-0.39, 0.29) is 6.04 Å². The maximum atomic E-state index is 9.83. The molecule has 0 aromatic heterocycles. The van der Waals surface area contributed by atoms with Gasteiger partial charge in [-0.3, -0.25) is 0 Å². The summed E-state index contributed by atoms with van der Waals surface area (Å²) in [6.45, 7) is 5.03. The number of ether oxygens (including phenoxy) is 1. The van der Waals surface area contributed by atoms with Crippen LogP contribution in [0.15, 0.2) is 0 Å². The van der Waals surface area contributed by atoms with Crippen molar-refractivity contribution in [3.8, 4) is 12.3 Å². The van der Waals surface area contributed by atoms with Crippen molar-refractivity contribution in [2.24, 2.45) is 5.92 Å². The molecule has 0 spiro atoms. The van der Waals surface area contributed by atoms with Crippen LogP contribution in [0.25, 0.3) is 0 Å². The second-order valence-electron chi connectivity index (χ2n) is 5.27. The van der Waals surface area contributed by atoms with Crippen LogP contribution in [0.5, 0.6) is 0 Å². The molecule has 1 fully saturated rings. The van der Waals surface area contributed by atoms with Gasteiger partial charge in [0.15, 0.2) is 0 Å². The SMILES string of the molecule is C#CC(C)NCC(O)COC1CCCCC1CC. The quantitative estimate of drug-likeness (QED) is 0.681. The molecule has 0 bridgehead atoms. The summed E-state index contributed by atoms with van der Waals surface area (Å²) in [4.78, 5) is 0.